The molecule has 0 unspecified atom stereocenters. The largest absolute Gasteiger partial charge is 0.385 e. The number of hydrogen-bond acceptors (Lipinski definition) is 2. The molecule has 3 rings (SSSR count). The Hall–Kier alpha value is -2.35. The maximum absolute atomic E-state index is 4.75. The Labute approximate surface area is 113 Å². The number of fused-ring (bicyclic) bond motifs is 1. The van der Waals surface area contributed by atoms with Gasteiger partial charge in [-0.3, -0.25) is 0 Å². The lowest BCUT2D eigenvalue weighted by atomic mass is 10.1. The molecule has 0 bridgehead atoms. The molecular weight excluding hydrogens is 232 g/mol. The van der Waals surface area contributed by atoms with Crippen molar-refractivity contribution in [2.75, 3.05) is 11.9 Å². The van der Waals surface area contributed by atoms with Crippen LogP contribution in [0.2, 0.25) is 0 Å². The third-order valence-corrected chi connectivity index (χ3v) is 3.14. The highest BCUT2D eigenvalue weighted by molar-refractivity contribution is 5.84. The van der Waals surface area contributed by atoms with Gasteiger partial charge in [0.1, 0.15) is 0 Å². The van der Waals surface area contributed by atoms with Gasteiger partial charge in [-0.05, 0) is 25.1 Å². The molecule has 3 aromatic rings. The van der Waals surface area contributed by atoms with E-state index in [-0.39, 0.29) is 0 Å². The van der Waals surface area contributed by atoms with E-state index < -0.39 is 0 Å². The Balaban J connectivity index is 2.08. The zero-order valence-corrected chi connectivity index (χ0v) is 10.9. The molecule has 1 aromatic heterocycles. The minimum atomic E-state index is 0.921. The van der Waals surface area contributed by atoms with E-state index in [4.69, 9.17) is 4.98 Å². The van der Waals surface area contributed by atoms with Gasteiger partial charge in [-0.15, -0.1) is 0 Å². The van der Waals surface area contributed by atoms with Gasteiger partial charge < -0.3 is 5.32 Å². The van der Waals surface area contributed by atoms with Crippen molar-refractivity contribution < 1.29 is 0 Å². The Morgan fingerprint density at radius 1 is 0.947 bits per heavy atom. The molecule has 2 nitrogen and oxygen atoms in total. The summed E-state index contributed by atoms with van der Waals surface area (Å²) in [5.41, 5.74) is 4.31. The second-order valence-electron chi connectivity index (χ2n) is 4.50. The number of nitrogens with zero attached hydrogens (tertiary/aromatic N) is 1. The van der Waals surface area contributed by atoms with Gasteiger partial charge in [0, 0.05) is 23.2 Å². The van der Waals surface area contributed by atoms with Crippen LogP contribution in [-0.4, -0.2) is 11.5 Å². The molecule has 0 saturated carbocycles. The van der Waals surface area contributed by atoms with Crippen molar-refractivity contribution in [1.29, 1.82) is 0 Å². The Morgan fingerprint density at radius 3 is 2.53 bits per heavy atom. The summed E-state index contributed by atoms with van der Waals surface area (Å²) in [5.74, 6) is 0. The minimum absolute atomic E-state index is 0.921. The fourth-order valence-corrected chi connectivity index (χ4v) is 2.20. The molecule has 0 aliphatic carbocycles. The zero-order chi connectivity index (χ0) is 13.1. The van der Waals surface area contributed by atoms with Gasteiger partial charge >= 0.3 is 0 Å². The first-order valence-corrected chi connectivity index (χ1v) is 6.57. The van der Waals surface area contributed by atoms with Crippen LogP contribution in [-0.2, 0) is 0 Å². The normalized spacial score (nSPS) is 10.6. The van der Waals surface area contributed by atoms with E-state index in [2.05, 4.69) is 54.7 Å². The molecule has 1 N–H and O–H groups in total. The smallest absolute Gasteiger partial charge is 0.0730 e. The first-order valence-electron chi connectivity index (χ1n) is 6.57. The molecule has 2 aromatic carbocycles. The summed E-state index contributed by atoms with van der Waals surface area (Å²) < 4.78 is 0. The molecular formula is C17H16N2. The number of rotatable bonds is 3. The van der Waals surface area contributed by atoms with Gasteiger partial charge in [-0.25, -0.2) is 4.98 Å². The Kier molecular flexibility index (Phi) is 3.15. The lowest BCUT2D eigenvalue weighted by molar-refractivity contribution is 1.21. The van der Waals surface area contributed by atoms with Crippen molar-refractivity contribution in [3.05, 3.63) is 60.7 Å². The molecule has 0 atom stereocenters. The van der Waals surface area contributed by atoms with E-state index in [1.54, 1.807) is 0 Å². The fraction of sp³-hybridized carbons (Fsp3) is 0.118. The molecule has 0 fully saturated rings. The van der Waals surface area contributed by atoms with Crippen LogP contribution < -0.4 is 5.32 Å². The molecule has 0 amide bonds. The highest BCUT2D eigenvalue weighted by atomic mass is 14.9. The first kappa shape index (κ1) is 11.7. The summed E-state index contributed by atoms with van der Waals surface area (Å²) in [5, 5.41) is 4.49. The van der Waals surface area contributed by atoms with E-state index in [1.807, 2.05) is 18.2 Å². The molecule has 94 valence electrons. The molecule has 1 heterocycles. The van der Waals surface area contributed by atoms with Crippen LogP contribution in [0.15, 0.2) is 60.7 Å². The van der Waals surface area contributed by atoms with E-state index in [0.717, 1.165) is 29.0 Å². The average Bonchev–Trinajstić information content (AvgIpc) is 2.48. The third kappa shape index (κ3) is 2.43. The summed E-state index contributed by atoms with van der Waals surface area (Å²) in [4.78, 5) is 4.75. The highest BCUT2D eigenvalue weighted by Gasteiger charge is 2.01. The predicted molar refractivity (Wildman–Crippen MR) is 81.3 cm³/mol. The van der Waals surface area contributed by atoms with Crippen LogP contribution in [0, 0.1) is 0 Å². The van der Waals surface area contributed by atoms with E-state index in [9.17, 15) is 0 Å². The molecule has 0 aliphatic heterocycles. The zero-order valence-electron chi connectivity index (χ0n) is 10.9. The second-order valence-corrected chi connectivity index (χ2v) is 4.50. The number of aromatic nitrogens is 1. The van der Waals surface area contributed by atoms with Gasteiger partial charge in [0.25, 0.3) is 0 Å². The van der Waals surface area contributed by atoms with Crippen LogP contribution in [0.1, 0.15) is 6.92 Å². The minimum Gasteiger partial charge on any atom is -0.385 e. The van der Waals surface area contributed by atoms with E-state index in [0.29, 0.717) is 0 Å². The molecule has 0 saturated heterocycles. The van der Waals surface area contributed by atoms with Gasteiger partial charge in [0.05, 0.1) is 11.2 Å². The van der Waals surface area contributed by atoms with Gasteiger partial charge in [-0.1, -0.05) is 42.5 Å². The van der Waals surface area contributed by atoms with Crippen LogP contribution >= 0.6 is 0 Å². The third-order valence-electron chi connectivity index (χ3n) is 3.14. The topological polar surface area (TPSA) is 24.9 Å². The summed E-state index contributed by atoms with van der Waals surface area (Å²) in [6.45, 7) is 3.02. The number of benzene rings is 2. The average molecular weight is 248 g/mol. The van der Waals surface area contributed by atoms with Crippen LogP contribution in [0.4, 0.5) is 5.69 Å². The maximum atomic E-state index is 4.75. The number of anilines is 1. The van der Waals surface area contributed by atoms with E-state index in [1.165, 1.54) is 5.39 Å². The summed E-state index contributed by atoms with van der Waals surface area (Å²) in [6, 6.07) is 20.8. The van der Waals surface area contributed by atoms with Crippen molar-refractivity contribution in [2.45, 2.75) is 6.92 Å². The van der Waals surface area contributed by atoms with Crippen molar-refractivity contribution in [3.8, 4) is 11.3 Å². The lowest BCUT2D eigenvalue weighted by Crippen LogP contribution is -1.96. The first-order chi connectivity index (χ1) is 9.36. The van der Waals surface area contributed by atoms with Crippen molar-refractivity contribution in [3.63, 3.8) is 0 Å². The summed E-state index contributed by atoms with van der Waals surface area (Å²) in [6.07, 6.45) is 0. The number of pyridine rings is 1. The summed E-state index contributed by atoms with van der Waals surface area (Å²) in [7, 11) is 0. The second kappa shape index (κ2) is 5.11. The van der Waals surface area contributed by atoms with Crippen molar-refractivity contribution in [1.82, 2.24) is 4.98 Å². The maximum Gasteiger partial charge on any atom is 0.0730 e. The fourth-order valence-electron chi connectivity index (χ4n) is 2.20. The van der Waals surface area contributed by atoms with Gasteiger partial charge in [0.15, 0.2) is 0 Å². The van der Waals surface area contributed by atoms with Gasteiger partial charge in [-0.2, -0.15) is 0 Å². The van der Waals surface area contributed by atoms with Crippen LogP contribution in [0.3, 0.4) is 0 Å². The van der Waals surface area contributed by atoms with Crippen LogP contribution in [0.5, 0.6) is 0 Å². The highest BCUT2D eigenvalue weighted by Crippen LogP contribution is 2.22. The predicted octanol–water partition coefficient (Wildman–Crippen LogP) is 4.33. The Morgan fingerprint density at radius 2 is 1.74 bits per heavy atom. The molecule has 0 spiro atoms. The van der Waals surface area contributed by atoms with E-state index >= 15 is 0 Å². The molecule has 2 heteroatoms. The SMILES string of the molecule is CCNc1ccc2ccc(-c3ccccc3)nc2c1. The van der Waals surface area contributed by atoms with Crippen molar-refractivity contribution in [2.24, 2.45) is 0 Å². The quantitative estimate of drug-likeness (QED) is 0.746. The molecule has 0 aliphatic rings. The standard InChI is InChI=1S/C17H16N2/c1-2-18-15-10-8-14-9-11-16(19-17(14)12-15)13-6-4-3-5-7-13/h3-12,18H,2H2,1H3. The van der Waals surface area contributed by atoms with Crippen LogP contribution in [0.25, 0.3) is 22.2 Å². The Bertz CT molecular complexity index is 690. The molecule has 19 heavy (non-hydrogen) atoms. The molecule has 0 radical (unpaired) electrons. The monoisotopic (exact) mass is 248 g/mol. The lowest BCUT2D eigenvalue weighted by Gasteiger charge is -2.06. The summed E-state index contributed by atoms with van der Waals surface area (Å²) >= 11 is 0. The van der Waals surface area contributed by atoms with Crippen molar-refractivity contribution >= 4 is 16.6 Å². The number of nitrogens with one attached hydrogen (secondary N) is 1. The number of hydrogen-bond donors (Lipinski definition) is 1. The van der Waals surface area contributed by atoms with Gasteiger partial charge in [0.2, 0.25) is 0 Å².